The molecule has 0 saturated heterocycles. The predicted molar refractivity (Wildman–Crippen MR) is 89.8 cm³/mol. The Balaban J connectivity index is 2.00. The molecular weight excluding hydrogens is 278 g/mol. The van der Waals surface area contributed by atoms with Crippen molar-refractivity contribution in [1.82, 2.24) is 0 Å². The van der Waals surface area contributed by atoms with Gasteiger partial charge in [0.2, 0.25) is 0 Å². The van der Waals surface area contributed by atoms with E-state index in [1.54, 1.807) is 0 Å². The quantitative estimate of drug-likeness (QED) is 0.835. The number of fused-ring (bicyclic) bond motifs is 1. The van der Waals surface area contributed by atoms with Gasteiger partial charge in [0, 0.05) is 10.6 Å². The van der Waals surface area contributed by atoms with Gasteiger partial charge in [0.15, 0.2) is 0 Å². The number of rotatable bonds is 2. The number of aryl methyl sites for hydroxylation is 1. The molecule has 0 radical (unpaired) electrons. The molecule has 1 aliphatic rings. The maximum absolute atomic E-state index is 6.81. The Labute approximate surface area is 132 Å². The van der Waals surface area contributed by atoms with Crippen molar-refractivity contribution in [2.24, 2.45) is 5.73 Å². The average Bonchev–Trinajstić information content (AvgIpc) is 2.47. The lowest BCUT2D eigenvalue weighted by Gasteiger charge is -2.39. The topological polar surface area (TPSA) is 26.0 Å². The van der Waals surface area contributed by atoms with Gasteiger partial charge < -0.3 is 5.73 Å². The smallest absolute Gasteiger partial charge is 0.0454 e. The highest BCUT2D eigenvalue weighted by molar-refractivity contribution is 6.31. The van der Waals surface area contributed by atoms with Gasteiger partial charge in [0.1, 0.15) is 0 Å². The van der Waals surface area contributed by atoms with Crippen molar-refractivity contribution in [1.29, 1.82) is 0 Å². The first kappa shape index (κ1) is 14.6. The average molecular weight is 300 g/mol. The molecule has 0 heterocycles. The van der Waals surface area contributed by atoms with Gasteiger partial charge in [-0.1, -0.05) is 54.9 Å². The molecule has 21 heavy (non-hydrogen) atoms. The van der Waals surface area contributed by atoms with Gasteiger partial charge in [-0.3, -0.25) is 0 Å². The molecule has 110 valence electrons. The molecule has 3 rings (SSSR count). The largest absolute Gasteiger partial charge is 0.321 e. The van der Waals surface area contributed by atoms with E-state index in [2.05, 4.69) is 50.2 Å². The van der Waals surface area contributed by atoms with Crippen molar-refractivity contribution in [2.45, 2.75) is 44.6 Å². The molecule has 1 aliphatic carbocycles. The van der Waals surface area contributed by atoms with Crippen LogP contribution >= 0.6 is 11.6 Å². The monoisotopic (exact) mass is 299 g/mol. The summed E-state index contributed by atoms with van der Waals surface area (Å²) in [5, 5.41) is 0.830. The van der Waals surface area contributed by atoms with Crippen LogP contribution in [0, 0.1) is 6.92 Å². The Morgan fingerprint density at radius 3 is 2.76 bits per heavy atom. The van der Waals surface area contributed by atoms with Crippen molar-refractivity contribution >= 4 is 11.6 Å². The molecule has 2 aromatic rings. The minimum Gasteiger partial charge on any atom is -0.321 e. The number of halogens is 1. The Bertz CT molecular complexity index is 664. The number of nitrogens with two attached hydrogens (primary N) is 1. The zero-order valence-electron chi connectivity index (χ0n) is 12.7. The van der Waals surface area contributed by atoms with Crippen molar-refractivity contribution < 1.29 is 0 Å². The summed E-state index contributed by atoms with van der Waals surface area (Å²) in [5.41, 5.74) is 11.5. The minimum absolute atomic E-state index is 0.304. The van der Waals surface area contributed by atoms with Crippen LogP contribution in [0.4, 0.5) is 0 Å². The van der Waals surface area contributed by atoms with E-state index >= 15 is 0 Å². The molecule has 2 N–H and O–H groups in total. The van der Waals surface area contributed by atoms with E-state index < -0.39 is 0 Å². The van der Waals surface area contributed by atoms with Crippen molar-refractivity contribution in [3.63, 3.8) is 0 Å². The highest BCUT2D eigenvalue weighted by Gasteiger charge is 2.35. The number of hydrogen-bond acceptors (Lipinski definition) is 1. The first-order valence-electron chi connectivity index (χ1n) is 7.63. The number of hydrogen-bond donors (Lipinski definition) is 1. The lowest BCUT2D eigenvalue weighted by atomic mass is 9.70. The minimum atomic E-state index is -0.304. The van der Waals surface area contributed by atoms with Gasteiger partial charge >= 0.3 is 0 Å². The van der Waals surface area contributed by atoms with Gasteiger partial charge in [0.25, 0.3) is 0 Å². The second-order valence-corrected chi connectivity index (χ2v) is 6.86. The molecular formula is C19H22ClN. The summed E-state index contributed by atoms with van der Waals surface area (Å²) in [6.07, 6.45) is 2.95. The van der Waals surface area contributed by atoms with Crippen LogP contribution in [0.2, 0.25) is 5.02 Å². The lowest BCUT2D eigenvalue weighted by Crippen LogP contribution is -2.42. The Morgan fingerprint density at radius 1 is 1.24 bits per heavy atom. The van der Waals surface area contributed by atoms with Gasteiger partial charge in [-0.15, -0.1) is 0 Å². The van der Waals surface area contributed by atoms with Gasteiger partial charge in [0.05, 0.1) is 0 Å². The van der Waals surface area contributed by atoms with Crippen molar-refractivity contribution in [2.75, 3.05) is 0 Å². The molecule has 1 nitrogen and oxygen atoms in total. The fourth-order valence-corrected chi connectivity index (χ4v) is 3.77. The standard InChI is InChI=1S/C19H22ClN/c1-13-7-8-15(18(20)11-13)12-19(21)10-9-14(2)16-5-3-4-6-17(16)19/h3-8,11,14H,9-10,12,21H2,1-2H3. The zero-order chi connectivity index (χ0) is 15.0. The zero-order valence-corrected chi connectivity index (χ0v) is 13.5. The summed E-state index contributed by atoms with van der Waals surface area (Å²) < 4.78 is 0. The maximum Gasteiger partial charge on any atom is 0.0454 e. The summed E-state index contributed by atoms with van der Waals surface area (Å²) in [5.74, 6) is 0.589. The molecule has 0 fully saturated rings. The fourth-order valence-electron chi connectivity index (χ4n) is 3.46. The molecule has 0 aliphatic heterocycles. The molecule has 0 aromatic heterocycles. The summed E-state index contributed by atoms with van der Waals surface area (Å²) in [6.45, 7) is 4.35. The van der Waals surface area contributed by atoms with Crippen LogP contribution in [0.1, 0.15) is 47.9 Å². The Hall–Kier alpha value is -1.31. The van der Waals surface area contributed by atoms with Crippen LogP contribution in [-0.4, -0.2) is 0 Å². The molecule has 0 saturated carbocycles. The second-order valence-electron chi connectivity index (χ2n) is 6.45. The predicted octanol–water partition coefficient (Wildman–Crippen LogP) is 4.94. The molecule has 2 unspecified atom stereocenters. The second kappa shape index (κ2) is 5.47. The van der Waals surface area contributed by atoms with Crippen LogP contribution in [-0.2, 0) is 12.0 Å². The SMILES string of the molecule is Cc1ccc(CC2(N)CCC(C)c3ccccc32)c(Cl)c1. The summed E-state index contributed by atoms with van der Waals surface area (Å²) in [4.78, 5) is 0. The first-order valence-corrected chi connectivity index (χ1v) is 8.01. The van der Waals surface area contributed by atoms with Gasteiger partial charge in [-0.05, 0) is 60.4 Å². The first-order chi connectivity index (χ1) is 9.99. The van der Waals surface area contributed by atoms with E-state index in [0.29, 0.717) is 5.92 Å². The molecule has 0 spiro atoms. The summed E-state index contributed by atoms with van der Waals surface area (Å²) in [6, 6.07) is 14.9. The molecule has 0 bridgehead atoms. The third-order valence-corrected chi connectivity index (χ3v) is 5.12. The van der Waals surface area contributed by atoms with Crippen molar-refractivity contribution in [3.05, 3.63) is 69.7 Å². The highest BCUT2D eigenvalue weighted by Crippen LogP contribution is 2.42. The van der Waals surface area contributed by atoms with Crippen LogP contribution < -0.4 is 5.73 Å². The van der Waals surface area contributed by atoms with Crippen LogP contribution in [0.25, 0.3) is 0 Å². The Morgan fingerprint density at radius 2 is 2.00 bits per heavy atom. The van der Waals surface area contributed by atoms with Gasteiger partial charge in [-0.25, -0.2) is 0 Å². The van der Waals surface area contributed by atoms with Crippen LogP contribution in [0.3, 0.4) is 0 Å². The van der Waals surface area contributed by atoms with E-state index in [0.717, 1.165) is 29.8 Å². The molecule has 2 heteroatoms. The van der Waals surface area contributed by atoms with Gasteiger partial charge in [-0.2, -0.15) is 0 Å². The summed E-state index contributed by atoms with van der Waals surface area (Å²) in [7, 11) is 0. The van der Waals surface area contributed by atoms with Crippen molar-refractivity contribution in [3.8, 4) is 0 Å². The third-order valence-electron chi connectivity index (χ3n) is 4.77. The van der Waals surface area contributed by atoms with Crippen LogP contribution in [0.15, 0.2) is 42.5 Å². The number of benzene rings is 2. The lowest BCUT2D eigenvalue weighted by molar-refractivity contribution is 0.349. The fraction of sp³-hybridized carbons (Fsp3) is 0.368. The summed E-state index contributed by atoms with van der Waals surface area (Å²) >= 11 is 6.41. The van der Waals surface area contributed by atoms with E-state index in [4.69, 9.17) is 17.3 Å². The van der Waals surface area contributed by atoms with E-state index in [1.807, 2.05) is 6.07 Å². The molecule has 2 aromatic carbocycles. The van der Waals surface area contributed by atoms with Crippen LogP contribution in [0.5, 0.6) is 0 Å². The third kappa shape index (κ3) is 2.73. The maximum atomic E-state index is 6.81. The van der Waals surface area contributed by atoms with E-state index in [9.17, 15) is 0 Å². The molecule has 2 atom stereocenters. The normalized spacial score (nSPS) is 24.7. The highest BCUT2D eigenvalue weighted by atomic mass is 35.5. The van der Waals surface area contributed by atoms with E-state index in [1.165, 1.54) is 16.7 Å². The molecule has 0 amide bonds. The van der Waals surface area contributed by atoms with E-state index in [-0.39, 0.29) is 5.54 Å². The Kier molecular flexibility index (Phi) is 3.81.